The van der Waals surface area contributed by atoms with E-state index in [0.29, 0.717) is 11.8 Å². The summed E-state index contributed by atoms with van der Waals surface area (Å²) >= 11 is 0. The van der Waals surface area contributed by atoms with Gasteiger partial charge in [-0.15, -0.1) is 10.3 Å². The van der Waals surface area contributed by atoms with Crippen LogP contribution in [0.5, 0.6) is 0 Å². The van der Waals surface area contributed by atoms with Gasteiger partial charge in [-0.2, -0.15) is 0 Å². The molecule has 2 heteroatoms. The van der Waals surface area contributed by atoms with Crippen molar-refractivity contribution in [2.75, 3.05) is 0 Å². The molecule has 0 fully saturated rings. The lowest BCUT2D eigenvalue weighted by atomic mass is 9.82. The van der Waals surface area contributed by atoms with E-state index in [4.69, 9.17) is 0 Å². The Kier molecular flexibility index (Phi) is 4.17. The van der Waals surface area contributed by atoms with Crippen LogP contribution in [0, 0.1) is 11.8 Å². The van der Waals surface area contributed by atoms with Gasteiger partial charge in [-0.1, -0.05) is 27.7 Å². The van der Waals surface area contributed by atoms with Crippen LogP contribution < -0.4 is 0 Å². The Labute approximate surface area is 89.3 Å². The van der Waals surface area contributed by atoms with Gasteiger partial charge < -0.3 is 0 Å². The van der Waals surface area contributed by atoms with E-state index in [0.717, 1.165) is 0 Å². The lowest BCUT2D eigenvalue weighted by Gasteiger charge is -2.46. The van der Waals surface area contributed by atoms with Crippen molar-refractivity contribution in [1.29, 1.82) is 0 Å². The quantitative estimate of drug-likeness (QED) is 0.637. The zero-order valence-electron chi connectivity index (χ0n) is 11.0. The van der Waals surface area contributed by atoms with Gasteiger partial charge in [0.2, 0.25) is 0 Å². The van der Waals surface area contributed by atoms with Crippen LogP contribution in [0.15, 0.2) is 0 Å². The van der Waals surface area contributed by atoms with Gasteiger partial charge in [0.1, 0.15) is 0 Å². The van der Waals surface area contributed by atoms with Crippen LogP contribution in [0.3, 0.4) is 0 Å². The monoisotopic (exact) mass is 200 g/mol. The second-order valence-electron chi connectivity index (χ2n) is 5.91. The molecule has 0 aliphatic carbocycles. The fourth-order valence-corrected chi connectivity index (χ4v) is 1.21. The Balaban J connectivity index is 4.85. The lowest BCUT2D eigenvalue weighted by Crippen LogP contribution is -2.57. The van der Waals surface area contributed by atoms with E-state index in [1.54, 1.807) is 0 Å². The first-order valence-corrected chi connectivity index (χ1v) is 5.52. The minimum absolute atomic E-state index is 0.298. The molecule has 0 heterocycles. The normalized spacial score (nSPS) is 14.6. The lowest BCUT2D eigenvalue weighted by molar-refractivity contribution is -0.290. The fraction of sp³-hybridized carbons (Fsp3) is 1.00. The van der Waals surface area contributed by atoms with E-state index in [9.17, 15) is 5.21 Å². The van der Waals surface area contributed by atoms with E-state index in [2.05, 4.69) is 27.7 Å². The first-order chi connectivity index (χ1) is 6.04. The standard InChI is InChI=1S/C12H26NO/c1-9(2)11(5,6)13(14)12(7,8)10(3)4/h9-10H,1-8H3. The SMILES string of the molecule is CC(C)C(C)(C)N([O])C(C)(C)C(C)C. The van der Waals surface area contributed by atoms with Gasteiger partial charge in [0.15, 0.2) is 0 Å². The fourth-order valence-electron chi connectivity index (χ4n) is 1.21. The van der Waals surface area contributed by atoms with Crippen LogP contribution in [0.2, 0.25) is 0 Å². The molecule has 0 aromatic rings. The Hall–Kier alpha value is -0.0800. The summed E-state index contributed by atoms with van der Waals surface area (Å²) in [4.78, 5) is 0. The van der Waals surface area contributed by atoms with Crippen molar-refractivity contribution in [2.45, 2.75) is 66.5 Å². The highest BCUT2D eigenvalue weighted by Gasteiger charge is 2.41. The van der Waals surface area contributed by atoms with Crippen LogP contribution >= 0.6 is 0 Å². The molecule has 0 aliphatic rings. The Morgan fingerprint density at radius 3 is 1.14 bits per heavy atom. The summed E-state index contributed by atoms with van der Waals surface area (Å²) in [6, 6.07) is 0. The highest BCUT2D eigenvalue weighted by atomic mass is 16.5. The maximum Gasteiger partial charge on any atom is 0.0466 e. The second-order valence-corrected chi connectivity index (χ2v) is 5.91. The number of nitrogens with zero attached hydrogens (tertiary/aromatic N) is 1. The zero-order valence-corrected chi connectivity index (χ0v) is 11.0. The summed E-state index contributed by atoms with van der Waals surface area (Å²) in [5.41, 5.74) is -0.596. The molecule has 0 atom stereocenters. The molecular weight excluding hydrogens is 174 g/mol. The number of rotatable bonds is 4. The largest absolute Gasteiger partial charge is 0.143 e. The molecule has 0 unspecified atom stereocenters. The van der Waals surface area contributed by atoms with Crippen molar-refractivity contribution in [1.82, 2.24) is 5.06 Å². The Morgan fingerprint density at radius 1 is 0.786 bits per heavy atom. The Morgan fingerprint density at radius 2 is 1.00 bits per heavy atom. The summed E-state index contributed by atoms with van der Waals surface area (Å²) in [5, 5.41) is 13.6. The van der Waals surface area contributed by atoms with Crippen LogP contribution in [0.1, 0.15) is 55.4 Å². The third-order valence-corrected chi connectivity index (χ3v) is 3.87. The van der Waals surface area contributed by atoms with Gasteiger partial charge in [-0.25, -0.2) is 0 Å². The maximum atomic E-state index is 12.3. The summed E-state index contributed by atoms with van der Waals surface area (Å²) in [6.07, 6.45) is 0. The van der Waals surface area contributed by atoms with Crippen molar-refractivity contribution in [2.24, 2.45) is 11.8 Å². The van der Waals surface area contributed by atoms with Gasteiger partial charge in [0.05, 0.1) is 0 Å². The highest BCUT2D eigenvalue weighted by molar-refractivity contribution is 4.90. The number of hydrogen-bond donors (Lipinski definition) is 0. The first-order valence-electron chi connectivity index (χ1n) is 5.52. The molecule has 1 radical (unpaired) electrons. The molecule has 0 saturated carbocycles. The molecule has 0 saturated heterocycles. The molecule has 0 aromatic heterocycles. The van der Waals surface area contributed by atoms with Gasteiger partial charge >= 0.3 is 0 Å². The molecular formula is C12H26NO. The predicted octanol–water partition coefficient (Wildman–Crippen LogP) is 3.50. The molecule has 14 heavy (non-hydrogen) atoms. The van der Waals surface area contributed by atoms with Gasteiger partial charge in [-0.05, 0) is 39.5 Å². The molecule has 0 bridgehead atoms. The summed E-state index contributed by atoms with van der Waals surface area (Å²) in [5.74, 6) is 0.719. The van der Waals surface area contributed by atoms with Gasteiger partial charge in [-0.3, -0.25) is 0 Å². The molecule has 0 aliphatic heterocycles. The zero-order chi connectivity index (χ0) is 11.7. The molecule has 0 aromatic carbocycles. The molecule has 85 valence electrons. The van der Waals surface area contributed by atoms with E-state index in [-0.39, 0.29) is 11.1 Å². The van der Waals surface area contributed by atoms with E-state index < -0.39 is 0 Å². The van der Waals surface area contributed by atoms with Crippen LogP contribution in [-0.4, -0.2) is 16.1 Å². The summed E-state index contributed by atoms with van der Waals surface area (Å²) in [6.45, 7) is 16.5. The molecule has 0 spiro atoms. The minimum atomic E-state index is -0.298. The van der Waals surface area contributed by atoms with Crippen molar-refractivity contribution in [3.8, 4) is 0 Å². The smallest absolute Gasteiger partial charge is 0.0466 e. The Bertz CT molecular complexity index is 163. The molecule has 0 N–H and O–H groups in total. The number of hydrogen-bond acceptors (Lipinski definition) is 1. The van der Waals surface area contributed by atoms with Crippen molar-refractivity contribution in [3.05, 3.63) is 0 Å². The second kappa shape index (κ2) is 4.19. The van der Waals surface area contributed by atoms with Gasteiger partial charge in [0, 0.05) is 11.1 Å². The average Bonchev–Trinajstić information content (AvgIpc) is 2.02. The molecule has 0 rings (SSSR count). The van der Waals surface area contributed by atoms with E-state index in [1.165, 1.54) is 5.06 Å². The van der Waals surface area contributed by atoms with Crippen LogP contribution in [-0.2, 0) is 5.21 Å². The van der Waals surface area contributed by atoms with Gasteiger partial charge in [0.25, 0.3) is 0 Å². The van der Waals surface area contributed by atoms with Crippen LogP contribution in [0.25, 0.3) is 0 Å². The molecule has 0 amide bonds. The summed E-state index contributed by atoms with van der Waals surface area (Å²) < 4.78 is 0. The predicted molar refractivity (Wildman–Crippen MR) is 60.4 cm³/mol. The van der Waals surface area contributed by atoms with Crippen molar-refractivity contribution in [3.63, 3.8) is 0 Å². The minimum Gasteiger partial charge on any atom is -0.143 e. The molecule has 2 nitrogen and oxygen atoms in total. The average molecular weight is 200 g/mol. The van der Waals surface area contributed by atoms with E-state index >= 15 is 0 Å². The highest BCUT2D eigenvalue weighted by Crippen LogP contribution is 2.33. The maximum absolute atomic E-state index is 12.3. The topological polar surface area (TPSA) is 23.1 Å². The van der Waals surface area contributed by atoms with Crippen LogP contribution in [0.4, 0.5) is 0 Å². The third kappa shape index (κ3) is 2.48. The first kappa shape index (κ1) is 13.9. The summed E-state index contributed by atoms with van der Waals surface area (Å²) in [7, 11) is 0. The van der Waals surface area contributed by atoms with Crippen molar-refractivity contribution < 1.29 is 5.21 Å². The number of hydroxylamine groups is 2. The van der Waals surface area contributed by atoms with Crippen molar-refractivity contribution >= 4 is 0 Å². The van der Waals surface area contributed by atoms with E-state index in [1.807, 2.05) is 27.7 Å². The third-order valence-electron chi connectivity index (χ3n) is 3.87.